The van der Waals surface area contributed by atoms with Gasteiger partial charge in [-0.3, -0.25) is 9.69 Å². The summed E-state index contributed by atoms with van der Waals surface area (Å²) in [6.07, 6.45) is 2.12. The van der Waals surface area contributed by atoms with E-state index in [1.54, 1.807) is 6.07 Å². The van der Waals surface area contributed by atoms with Gasteiger partial charge in [0.15, 0.2) is 11.5 Å². The second-order valence-corrected chi connectivity index (χ2v) is 6.21. The number of benzene rings is 1. The van der Waals surface area contributed by atoms with E-state index in [1.807, 2.05) is 11.0 Å². The Morgan fingerprint density at radius 3 is 2.50 bits per heavy atom. The highest BCUT2D eigenvalue weighted by molar-refractivity contribution is 5.81. The molecule has 1 aromatic carbocycles. The molecule has 1 aromatic rings. The van der Waals surface area contributed by atoms with Gasteiger partial charge in [-0.2, -0.15) is 0 Å². The van der Waals surface area contributed by atoms with Crippen LogP contribution < -0.4 is 9.47 Å². The number of hydrogen-bond donors (Lipinski definition) is 1. The van der Waals surface area contributed by atoms with E-state index in [2.05, 4.69) is 4.90 Å². The van der Waals surface area contributed by atoms with Crippen molar-refractivity contribution in [3.63, 3.8) is 0 Å². The largest absolute Gasteiger partial charge is 0.507 e. The van der Waals surface area contributed by atoms with Crippen LogP contribution in [0.1, 0.15) is 18.4 Å². The number of hydrogen-bond acceptors (Lipinski definition) is 5. The van der Waals surface area contributed by atoms with Crippen LogP contribution in [-0.2, 0) is 11.3 Å². The Labute approximate surface area is 129 Å². The van der Waals surface area contributed by atoms with Crippen molar-refractivity contribution in [3.05, 3.63) is 17.7 Å². The van der Waals surface area contributed by atoms with Crippen LogP contribution >= 0.6 is 0 Å². The molecule has 1 aliphatic carbocycles. The molecule has 6 nitrogen and oxygen atoms in total. The first-order chi connectivity index (χ1) is 10.7. The standard InChI is InChI=1S/C16H20N2O4/c19-13-8-15-14(21-10-22-15)7-12(13)9-17-3-5-18(6-4-17)16(20)11-1-2-11/h7-8,11,19H,1-6,9-10H2. The molecule has 0 bridgehead atoms. The number of phenols is 1. The molecule has 0 spiro atoms. The molecule has 4 rings (SSSR count). The van der Waals surface area contributed by atoms with Crippen LogP contribution in [0.5, 0.6) is 17.2 Å². The van der Waals surface area contributed by atoms with Gasteiger partial charge in [-0.05, 0) is 18.9 Å². The molecule has 0 unspecified atom stereocenters. The zero-order valence-electron chi connectivity index (χ0n) is 12.5. The number of rotatable bonds is 3. The molecule has 0 aromatic heterocycles. The fourth-order valence-corrected chi connectivity index (χ4v) is 3.06. The number of fused-ring (bicyclic) bond motifs is 1. The zero-order valence-corrected chi connectivity index (χ0v) is 12.5. The number of amides is 1. The summed E-state index contributed by atoms with van der Waals surface area (Å²) in [5.74, 6) is 2.15. The predicted molar refractivity (Wildman–Crippen MR) is 78.8 cm³/mol. The highest BCUT2D eigenvalue weighted by Gasteiger charge is 2.34. The van der Waals surface area contributed by atoms with E-state index in [4.69, 9.17) is 9.47 Å². The fraction of sp³-hybridized carbons (Fsp3) is 0.562. The van der Waals surface area contributed by atoms with Crippen LogP contribution in [0.15, 0.2) is 12.1 Å². The predicted octanol–water partition coefficient (Wildman–Crippen LogP) is 1.18. The van der Waals surface area contributed by atoms with Crippen molar-refractivity contribution >= 4 is 5.91 Å². The summed E-state index contributed by atoms with van der Waals surface area (Å²) >= 11 is 0. The highest BCUT2D eigenvalue weighted by Crippen LogP contribution is 2.38. The molecule has 1 amide bonds. The van der Waals surface area contributed by atoms with Gasteiger partial charge in [0.1, 0.15) is 5.75 Å². The monoisotopic (exact) mass is 304 g/mol. The van der Waals surface area contributed by atoms with Gasteiger partial charge < -0.3 is 19.5 Å². The normalized spacial score (nSPS) is 21.2. The van der Waals surface area contributed by atoms with Crippen molar-refractivity contribution < 1.29 is 19.4 Å². The van der Waals surface area contributed by atoms with Crippen molar-refractivity contribution in [2.24, 2.45) is 5.92 Å². The molecule has 2 aliphatic heterocycles. The third-order valence-corrected chi connectivity index (χ3v) is 4.58. The zero-order chi connectivity index (χ0) is 15.1. The third-order valence-electron chi connectivity index (χ3n) is 4.58. The number of carbonyl (C=O) groups is 1. The Balaban J connectivity index is 1.37. The van der Waals surface area contributed by atoms with Gasteiger partial charge in [-0.15, -0.1) is 0 Å². The quantitative estimate of drug-likeness (QED) is 0.908. The average Bonchev–Trinajstić information content (AvgIpc) is 3.28. The Morgan fingerprint density at radius 1 is 1.14 bits per heavy atom. The molecular formula is C16H20N2O4. The fourth-order valence-electron chi connectivity index (χ4n) is 3.06. The van der Waals surface area contributed by atoms with Gasteiger partial charge in [0.25, 0.3) is 0 Å². The van der Waals surface area contributed by atoms with E-state index >= 15 is 0 Å². The highest BCUT2D eigenvalue weighted by atomic mass is 16.7. The van der Waals surface area contributed by atoms with Crippen LogP contribution in [0.4, 0.5) is 0 Å². The van der Waals surface area contributed by atoms with Crippen molar-refractivity contribution in [3.8, 4) is 17.2 Å². The number of piperazine rings is 1. The van der Waals surface area contributed by atoms with Crippen molar-refractivity contribution in [1.82, 2.24) is 9.80 Å². The molecule has 3 aliphatic rings. The number of ether oxygens (including phenoxy) is 2. The Bertz CT molecular complexity index is 592. The maximum atomic E-state index is 12.0. The van der Waals surface area contributed by atoms with E-state index in [1.165, 1.54) is 0 Å². The van der Waals surface area contributed by atoms with Gasteiger partial charge >= 0.3 is 0 Å². The second kappa shape index (κ2) is 5.35. The molecule has 0 atom stereocenters. The Hall–Kier alpha value is -1.95. The first-order valence-corrected chi connectivity index (χ1v) is 7.83. The molecule has 1 N–H and O–H groups in total. The molecular weight excluding hydrogens is 284 g/mol. The number of phenolic OH excluding ortho intramolecular Hbond substituents is 1. The average molecular weight is 304 g/mol. The number of carbonyl (C=O) groups excluding carboxylic acids is 1. The minimum absolute atomic E-state index is 0.209. The minimum Gasteiger partial charge on any atom is -0.507 e. The van der Waals surface area contributed by atoms with E-state index in [-0.39, 0.29) is 12.5 Å². The lowest BCUT2D eigenvalue weighted by Gasteiger charge is -2.35. The second-order valence-electron chi connectivity index (χ2n) is 6.21. The van der Waals surface area contributed by atoms with E-state index in [0.29, 0.717) is 29.9 Å². The summed E-state index contributed by atoms with van der Waals surface area (Å²) < 4.78 is 10.6. The first kappa shape index (κ1) is 13.7. The van der Waals surface area contributed by atoms with Gasteiger partial charge in [0, 0.05) is 50.3 Å². The molecule has 1 saturated heterocycles. The molecule has 6 heteroatoms. The van der Waals surface area contributed by atoms with Crippen LogP contribution in [0.2, 0.25) is 0 Å². The van der Waals surface area contributed by atoms with Crippen LogP contribution in [0.25, 0.3) is 0 Å². The number of nitrogens with zero attached hydrogens (tertiary/aromatic N) is 2. The minimum atomic E-state index is 0.209. The van der Waals surface area contributed by atoms with Gasteiger partial charge in [-0.25, -0.2) is 0 Å². The van der Waals surface area contributed by atoms with Crippen molar-refractivity contribution in [1.29, 1.82) is 0 Å². The summed E-state index contributed by atoms with van der Waals surface area (Å²) in [6, 6.07) is 3.46. The molecule has 2 fully saturated rings. The van der Waals surface area contributed by atoms with Crippen LogP contribution in [0, 0.1) is 5.92 Å². The SMILES string of the molecule is O=C(C1CC1)N1CCN(Cc2cc3c(cc2O)OCO3)CC1. The molecule has 1 saturated carbocycles. The van der Waals surface area contributed by atoms with Gasteiger partial charge in [0.2, 0.25) is 12.7 Å². The lowest BCUT2D eigenvalue weighted by atomic mass is 10.1. The molecule has 0 radical (unpaired) electrons. The van der Waals surface area contributed by atoms with Gasteiger partial charge in [0.05, 0.1) is 0 Å². The van der Waals surface area contributed by atoms with E-state index < -0.39 is 0 Å². The molecule has 118 valence electrons. The number of aromatic hydroxyl groups is 1. The van der Waals surface area contributed by atoms with Gasteiger partial charge in [-0.1, -0.05) is 0 Å². The van der Waals surface area contributed by atoms with Crippen LogP contribution in [-0.4, -0.2) is 53.8 Å². The maximum absolute atomic E-state index is 12.0. The topological polar surface area (TPSA) is 62.2 Å². The Kier molecular flexibility index (Phi) is 3.33. The summed E-state index contributed by atoms with van der Waals surface area (Å²) in [6.45, 7) is 4.11. The summed E-state index contributed by atoms with van der Waals surface area (Å²) in [4.78, 5) is 16.3. The maximum Gasteiger partial charge on any atom is 0.231 e. The summed E-state index contributed by atoms with van der Waals surface area (Å²) in [5.41, 5.74) is 0.839. The van der Waals surface area contributed by atoms with E-state index in [9.17, 15) is 9.90 Å². The summed E-state index contributed by atoms with van der Waals surface area (Å²) in [5, 5.41) is 10.1. The van der Waals surface area contributed by atoms with Crippen molar-refractivity contribution in [2.75, 3.05) is 33.0 Å². The van der Waals surface area contributed by atoms with E-state index in [0.717, 1.165) is 44.6 Å². The smallest absolute Gasteiger partial charge is 0.231 e. The third kappa shape index (κ3) is 2.59. The Morgan fingerprint density at radius 2 is 1.82 bits per heavy atom. The van der Waals surface area contributed by atoms with Crippen LogP contribution in [0.3, 0.4) is 0 Å². The summed E-state index contributed by atoms with van der Waals surface area (Å²) in [7, 11) is 0. The lowest BCUT2D eigenvalue weighted by Crippen LogP contribution is -2.48. The molecule has 2 heterocycles. The first-order valence-electron chi connectivity index (χ1n) is 7.83. The molecule has 22 heavy (non-hydrogen) atoms. The van der Waals surface area contributed by atoms with Crippen molar-refractivity contribution in [2.45, 2.75) is 19.4 Å². The lowest BCUT2D eigenvalue weighted by molar-refractivity contribution is -0.134.